The van der Waals surface area contributed by atoms with Gasteiger partial charge in [0.25, 0.3) is 0 Å². The lowest BCUT2D eigenvalue weighted by Crippen LogP contribution is -2.07. The van der Waals surface area contributed by atoms with Crippen molar-refractivity contribution in [1.29, 1.82) is 0 Å². The van der Waals surface area contributed by atoms with E-state index in [0.29, 0.717) is 16.7 Å². The van der Waals surface area contributed by atoms with E-state index in [1.54, 1.807) is 19.1 Å². The minimum atomic E-state index is -0.857. The Hall–Kier alpha value is -1.36. The number of nitrogens with zero attached hydrogens (tertiary/aromatic N) is 1. The highest BCUT2D eigenvalue weighted by Crippen LogP contribution is 2.28. The van der Waals surface area contributed by atoms with Gasteiger partial charge in [0.15, 0.2) is 12.0 Å². The van der Waals surface area contributed by atoms with Gasteiger partial charge in [0.2, 0.25) is 0 Å². The van der Waals surface area contributed by atoms with E-state index in [4.69, 9.17) is 9.52 Å². The number of carboxylic acids is 1. The predicted molar refractivity (Wildman–Crippen MR) is 57.8 cm³/mol. The maximum Gasteiger partial charge on any atom is 0.310 e. The minimum absolute atomic E-state index is 0.553. The number of rotatable bonds is 2. The Morgan fingerprint density at radius 2 is 2.33 bits per heavy atom. The summed E-state index contributed by atoms with van der Waals surface area (Å²) in [5.41, 5.74) is 2.00. The second kappa shape index (κ2) is 3.66. The number of carbonyl (C=O) groups is 1. The first-order chi connectivity index (χ1) is 7.09. The van der Waals surface area contributed by atoms with Gasteiger partial charge in [-0.25, -0.2) is 4.98 Å². The summed E-state index contributed by atoms with van der Waals surface area (Å²) < 4.78 is 5.86. The number of oxazole rings is 1. The number of hydrogen-bond donors (Lipinski definition) is 1. The van der Waals surface area contributed by atoms with E-state index in [-0.39, 0.29) is 0 Å². The number of aliphatic carboxylic acids is 1. The first-order valence-electron chi connectivity index (χ1n) is 4.35. The maximum atomic E-state index is 10.8. The molecule has 1 unspecified atom stereocenters. The van der Waals surface area contributed by atoms with Crippen molar-refractivity contribution in [3.05, 3.63) is 28.6 Å². The quantitative estimate of drug-likeness (QED) is 0.911. The van der Waals surface area contributed by atoms with Crippen LogP contribution in [0, 0.1) is 0 Å². The second-order valence-corrected chi connectivity index (χ2v) is 4.12. The molecule has 4 nitrogen and oxygen atoms in total. The summed E-state index contributed by atoms with van der Waals surface area (Å²) in [6.45, 7) is 1.63. The maximum absolute atomic E-state index is 10.8. The molecule has 0 aliphatic carbocycles. The molecule has 0 amide bonds. The molecule has 0 aliphatic heterocycles. The number of aromatic nitrogens is 1. The lowest BCUT2D eigenvalue weighted by atomic mass is 10.0. The van der Waals surface area contributed by atoms with Gasteiger partial charge in [-0.05, 0) is 40.5 Å². The van der Waals surface area contributed by atoms with E-state index in [2.05, 4.69) is 20.9 Å². The van der Waals surface area contributed by atoms with Crippen molar-refractivity contribution in [3.8, 4) is 0 Å². The summed E-state index contributed by atoms with van der Waals surface area (Å²) in [7, 11) is 0. The normalized spacial score (nSPS) is 12.9. The van der Waals surface area contributed by atoms with E-state index in [0.717, 1.165) is 4.47 Å². The fourth-order valence-corrected chi connectivity index (χ4v) is 1.90. The summed E-state index contributed by atoms with van der Waals surface area (Å²) in [6.07, 6.45) is 1.34. The largest absolute Gasteiger partial charge is 0.481 e. The lowest BCUT2D eigenvalue weighted by molar-refractivity contribution is -0.138. The molecule has 5 heteroatoms. The van der Waals surface area contributed by atoms with Crippen LogP contribution in [0.3, 0.4) is 0 Å². The molecule has 2 rings (SSSR count). The van der Waals surface area contributed by atoms with Crippen molar-refractivity contribution in [2.24, 2.45) is 0 Å². The molecule has 1 heterocycles. The lowest BCUT2D eigenvalue weighted by Gasteiger charge is -2.06. The topological polar surface area (TPSA) is 63.3 Å². The Morgan fingerprint density at radius 3 is 3.00 bits per heavy atom. The average molecular weight is 270 g/mol. The van der Waals surface area contributed by atoms with Crippen molar-refractivity contribution in [2.75, 3.05) is 0 Å². The standard InChI is InChI=1S/C10H8BrNO3/c1-5(10(13)14)6-2-7(11)9-8(3-6)12-4-15-9/h2-5H,1H3,(H,13,14). The van der Waals surface area contributed by atoms with Crippen LogP contribution in [0.4, 0.5) is 0 Å². The summed E-state index contributed by atoms with van der Waals surface area (Å²) in [5, 5.41) is 8.89. The fraction of sp³-hybridized carbons (Fsp3) is 0.200. The zero-order valence-corrected chi connectivity index (χ0v) is 9.48. The monoisotopic (exact) mass is 269 g/mol. The number of benzene rings is 1. The first-order valence-corrected chi connectivity index (χ1v) is 5.14. The first kappa shape index (κ1) is 10.2. The molecule has 0 saturated carbocycles. The van der Waals surface area contributed by atoms with Crippen molar-refractivity contribution in [1.82, 2.24) is 4.98 Å². The van der Waals surface area contributed by atoms with Gasteiger partial charge in [0.05, 0.1) is 10.4 Å². The summed E-state index contributed by atoms with van der Waals surface area (Å²) in [4.78, 5) is 14.8. The third-order valence-electron chi connectivity index (χ3n) is 2.28. The van der Waals surface area contributed by atoms with Crippen molar-refractivity contribution < 1.29 is 14.3 Å². The minimum Gasteiger partial charge on any atom is -0.481 e. The Bertz CT molecular complexity index is 520. The molecule has 78 valence electrons. The number of fused-ring (bicyclic) bond motifs is 1. The number of halogens is 1. The van der Waals surface area contributed by atoms with E-state index < -0.39 is 11.9 Å². The summed E-state index contributed by atoms with van der Waals surface area (Å²) >= 11 is 3.32. The fourth-order valence-electron chi connectivity index (χ4n) is 1.34. The van der Waals surface area contributed by atoms with Crippen LogP contribution in [0.5, 0.6) is 0 Å². The molecule has 0 spiro atoms. The molecule has 0 bridgehead atoms. The molecule has 15 heavy (non-hydrogen) atoms. The Morgan fingerprint density at radius 1 is 1.60 bits per heavy atom. The molecule has 1 N–H and O–H groups in total. The van der Waals surface area contributed by atoms with Crippen molar-refractivity contribution >= 4 is 33.0 Å². The van der Waals surface area contributed by atoms with Crippen molar-refractivity contribution in [2.45, 2.75) is 12.8 Å². The molecule has 0 aliphatic rings. The zero-order chi connectivity index (χ0) is 11.0. The number of hydrogen-bond acceptors (Lipinski definition) is 3. The van der Waals surface area contributed by atoms with Gasteiger partial charge in [-0.2, -0.15) is 0 Å². The molecule has 1 aromatic carbocycles. The SMILES string of the molecule is CC(C(=O)O)c1cc(Br)c2ocnc2c1. The van der Waals surface area contributed by atoms with Crippen LogP contribution >= 0.6 is 15.9 Å². The van der Waals surface area contributed by atoms with Gasteiger partial charge in [-0.3, -0.25) is 4.79 Å². The van der Waals surface area contributed by atoms with Gasteiger partial charge in [0, 0.05) is 0 Å². The highest BCUT2D eigenvalue weighted by atomic mass is 79.9. The van der Waals surface area contributed by atoms with Crippen LogP contribution in [0.15, 0.2) is 27.4 Å². The van der Waals surface area contributed by atoms with Crippen LogP contribution in [-0.2, 0) is 4.79 Å². The van der Waals surface area contributed by atoms with Crippen LogP contribution in [0.2, 0.25) is 0 Å². The molecular weight excluding hydrogens is 262 g/mol. The highest BCUT2D eigenvalue weighted by Gasteiger charge is 2.16. The molecule has 0 fully saturated rings. The van der Waals surface area contributed by atoms with E-state index in [1.165, 1.54) is 6.39 Å². The van der Waals surface area contributed by atoms with Gasteiger partial charge >= 0.3 is 5.97 Å². The van der Waals surface area contributed by atoms with Crippen LogP contribution in [0.1, 0.15) is 18.4 Å². The Balaban J connectivity index is 2.58. The summed E-state index contributed by atoms with van der Waals surface area (Å²) in [5.74, 6) is -1.41. The van der Waals surface area contributed by atoms with E-state index in [9.17, 15) is 4.79 Å². The summed E-state index contributed by atoms with van der Waals surface area (Å²) in [6, 6.07) is 3.47. The van der Waals surface area contributed by atoms with Gasteiger partial charge in [-0.15, -0.1) is 0 Å². The van der Waals surface area contributed by atoms with E-state index >= 15 is 0 Å². The third kappa shape index (κ3) is 1.74. The third-order valence-corrected chi connectivity index (χ3v) is 2.87. The molecule has 2 aromatic rings. The van der Waals surface area contributed by atoms with Gasteiger partial charge in [0.1, 0.15) is 5.52 Å². The smallest absolute Gasteiger partial charge is 0.310 e. The Labute approximate surface area is 94.0 Å². The van der Waals surface area contributed by atoms with Crippen LogP contribution < -0.4 is 0 Å². The predicted octanol–water partition coefficient (Wildman–Crippen LogP) is 2.78. The van der Waals surface area contributed by atoms with Crippen LogP contribution in [0.25, 0.3) is 11.1 Å². The number of carboxylic acid groups (broad SMARTS) is 1. The molecule has 1 aromatic heterocycles. The zero-order valence-electron chi connectivity index (χ0n) is 7.90. The van der Waals surface area contributed by atoms with Gasteiger partial charge < -0.3 is 9.52 Å². The van der Waals surface area contributed by atoms with Crippen molar-refractivity contribution in [3.63, 3.8) is 0 Å². The average Bonchev–Trinajstić information content (AvgIpc) is 2.64. The molecule has 0 radical (unpaired) electrons. The molecular formula is C10H8BrNO3. The second-order valence-electron chi connectivity index (χ2n) is 3.26. The Kier molecular flexibility index (Phi) is 2.48. The van der Waals surface area contributed by atoms with E-state index in [1.807, 2.05) is 0 Å². The van der Waals surface area contributed by atoms with Gasteiger partial charge in [-0.1, -0.05) is 0 Å². The molecule has 1 atom stereocenters. The molecule has 0 saturated heterocycles. The highest BCUT2D eigenvalue weighted by molar-refractivity contribution is 9.10. The van der Waals surface area contributed by atoms with Crippen LogP contribution in [-0.4, -0.2) is 16.1 Å².